The maximum Gasteiger partial charge on any atom is 0.210 e. The largest absolute Gasteiger partial charge is 0.356 e. The topological polar surface area (TPSA) is 66.4 Å². The molecule has 0 unspecified atom stereocenters. The van der Waals surface area contributed by atoms with Crippen LogP contribution in [0.5, 0.6) is 0 Å². The van der Waals surface area contributed by atoms with Gasteiger partial charge < -0.3 is 4.90 Å². The Labute approximate surface area is 139 Å². The standard InChI is InChI=1S/C16H26N4O2S/c1-19(23(2,21)22)11-13-7-9-20(10-8-13)16-14-5-3-4-6-15(14)17-12-18-16/h12-13H,3-11H2,1-2H3. The molecular weight excluding hydrogens is 312 g/mol. The minimum absolute atomic E-state index is 0.434. The summed E-state index contributed by atoms with van der Waals surface area (Å²) in [5.41, 5.74) is 2.56. The van der Waals surface area contributed by atoms with Crippen LogP contribution in [0.4, 0.5) is 5.82 Å². The molecule has 0 N–H and O–H groups in total. The van der Waals surface area contributed by atoms with Gasteiger partial charge in [0.05, 0.1) is 6.26 Å². The maximum atomic E-state index is 11.5. The van der Waals surface area contributed by atoms with Crippen LogP contribution in [-0.2, 0) is 22.9 Å². The van der Waals surface area contributed by atoms with E-state index in [9.17, 15) is 8.42 Å². The van der Waals surface area contributed by atoms with Crippen molar-refractivity contribution in [2.75, 3.05) is 37.8 Å². The molecule has 3 rings (SSSR count). The molecular formula is C16H26N4O2S. The highest BCUT2D eigenvalue weighted by Gasteiger charge is 2.26. The molecule has 0 amide bonds. The van der Waals surface area contributed by atoms with Crippen LogP contribution in [0.2, 0.25) is 0 Å². The smallest absolute Gasteiger partial charge is 0.210 e. The lowest BCUT2D eigenvalue weighted by Gasteiger charge is -2.35. The summed E-state index contributed by atoms with van der Waals surface area (Å²) in [7, 11) is -1.41. The quantitative estimate of drug-likeness (QED) is 0.831. The van der Waals surface area contributed by atoms with E-state index in [0.29, 0.717) is 12.5 Å². The first-order valence-electron chi connectivity index (χ1n) is 8.44. The molecule has 1 fully saturated rings. The van der Waals surface area contributed by atoms with E-state index in [1.807, 2.05) is 0 Å². The molecule has 1 aromatic heterocycles. The molecule has 7 heteroatoms. The van der Waals surface area contributed by atoms with Crippen LogP contribution in [0.25, 0.3) is 0 Å². The Morgan fingerprint density at radius 3 is 2.61 bits per heavy atom. The molecule has 23 heavy (non-hydrogen) atoms. The van der Waals surface area contributed by atoms with E-state index in [0.717, 1.165) is 44.6 Å². The summed E-state index contributed by atoms with van der Waals surface area (Å²) in [5.74, 6) is 1.55. The van der Waals surface area contributed by atoms with Crippen molar-refractivity contribution in [1.82, 2.24) is 14.3 Å². The lowest BCUT2D eigenvalue weighted by atomic mass is 9.93. The number of nitrogens with zero attached hydrogens (tertiary/aromatic N) is 4. The van der Waals surface area contributed by atoms with Gasteiger partial charge in [0.2, 0.25) is 10.0 Å². The second-order valence-electron chi connectivity index (χ2n) is 6.80. The second kappa shape index (κ2) is 6.73. The van der Waals surface area contributed by atoms with E-state index in [-0.39, 0.29) is 0 Å². The number of aryl methyl sites for hydroxylation is 1. The number of aromatic nitrogens is 2. The Bertz CT molecular complexity index is 654. The third kappa shape index (κ3) is 3.83. The van der Waals surface area contributed by atoms with Gasteiger partial charge in [0.25, 0.3) is 0 Å². The Morgan fingerprint density at radius 2 is 1.91 bits per heavy atom. The van der Waals surface area contributed by atoms with Gasteiger partial charge in [0.1, 0.15) is 12.1 Å². The Hall–Kier alpha value is -1.21. The number of rotatable bonds is 4. The molecule has 1 aliphatic carbocycles. The zero-order valence-corrected chi connectivity index (χ0v) is 14.8. The molecule has 128 valence electrons. The molecule has 2 aliphatic rings. The zero-order chi connectivity index (χ0) is 16.4. The van der Waals surface area contributed by atoms with E-state index >= 15 is 0 Å². The van der Waals surface area contributed by atoms with Crippen LogP contribution in [0.3, 0.4) is 0 Å². The summed E-state index contributed by atoms with van der Waals surface area (Å²) in [4.78, 5) is 11.4. The number of anilines is 1. The summed E-state index contributed by atoms with van der Waals surface area (Å²) in [5, 5.41) is 0. The Kier molecular flexibility index (Phi) is 4.87. The van der Waals surface area contributed by atoms with Crippen LogP contribution < -0.4 is 4.90 Å². The highest BCUT2D eigenvalue weighted by molar-refractivity contribution is 7.88. The first-order valence-corrected chi connectivity index (χ1v) is 10.3. The second-order valence-corrected chi connectivity index (χ2v) is 8.89. The van der Waals surface area contributed by atoms with Gasteiger partial charge in [-0.15, -0.1) is 0 Å². The molecule has 1 saturated heterocycles. The predicted molar refractivity (Wildman–Crippen MR) is 91.1 cm³/mol. The van der Waals surface area contributed by atoms with E-state index in [1.54, 1.807) is 13.4 Å². The van der Waals surface area contributed by atoms with Gasteiger partial charge in [-0.3, -0.25) is 0 Å². The summed E-state index contributed by atoms with van der Waals surface area (Å²) in [6, 6.07) is 0. The third-order valence-corrected chi connectivity index (χ3v) is 6.38. The van der Waals surface area contributed by atoms with E-state index in [4.69, 9.17) is 0 Å². The Balaban J connectivity index is 1.64. The van der Waals surface area contributed by atoms with Gasteiger partial charge in [-0.05, 0) is 44.4 Å². The fraction of sp³-hybridized carbons (Fsp3) is 0.750. The molecule has 0 saturated carbocycles. The minimum Gasteiger partial charge on any atom is -0.356 e. The van der Waals surface area contributed by atoms with Gasteiger partial charge in [-0.25, -0.2) is 22.7 Å². The normalized spacial score (nSPS) is 19.9. The number of sulfonamides is 1. The SMILES string of the molecule is CN(CC1CCN(c2ncnc3c2CCCC3)CC1)S(C)(=O)=O. The lowest BCUT2D eigenvalue weighted by Crippen LogP contribution is -2.40. The highest BCUT2D eigenvalue weighted by atomic mass is 32.2. The van der Waals surface area contributed by atoms with E-state index in [2.05, 4.69) is 14.9 Å². The zero-order valence-electron chi connectivity index (χ0n) is 14.0. The van der Waals surface area contributed by atoms with E-state index < -0.39 is 10.0 Å². The molecule has 6 nitrogen and oxygen atoms in total. The minimum atomic E-state index is -3.08. The van der Waals surface area contributed by atoms with Gasteiger partial charge in [-0.1, -0.05) is 0 Å². The molecule has 0 radical (unpaired) electrons. The van der Waals surface area contributed by atoms with E-state index in [1.165, 1.54) is 34.7 Å². The summed E-state index contributed by atoms with van der Waals surface area (Å²) in [6.45, 7) is 2.52. The van der Waals surface area contributed by atoms with Gasteiger partial charge in [-0.2, -0.15) is 0 Å². The van der Waals surface area contributed by atoms with Crippen molar-refractivity contribution >= 4 is 15.8 Å². The molecule has 0 aromatic carbocycles. The fourth-order valence-corrected chi connectivity index (χ4v) is 4.08. The van der Waals surface area contributed by atoms with Crippen molar-refractivity contribution in [1.29, 1.82) is 0 Å². The molecule has 1 aromatic rings. The molecule has 0 spiro atoms. The number of hydrogen-bond acceptors (Lipinski definition) is 5. The third-order valence-electron chi connectivity index (χ3n) is 5.10. The molecule has 0 atom stereocenters. The maximum absolute atomic E-state index is 11.5. The van der Waals surface area contributed by atoms with Gasteiger partial charge in [0, 0.05) is 37.9 Å². The van der Waals surface area contributed by atoms with Crippen molar-refractivity contribution in [3.8, 4) is 0 Å². The van der Waals surface area contributed by atoms with Crippen molar-refractivity contribution in [2.45, 2.75) is 38.5 Å². The molecule has 2 heterocycles. The average molecular weight is 338 g/mol. The van der Waals surface area contributed by atoms with Crippen LogP contribution in [0, 0.1) is 5.92 Å². The monoisotopic (exact) mass is 338 g/mol. The number of hydrogen-bond donors (Lipinski definition) is 0. The van der Waals surface area contributed by atoms with Crippen molar-refractivity contribution in [3.63, 3.8) is 0 Å². The fourth-order valence-electron chi connectivity index (χ4n) is 3.60. The lowest BCUT2D eigenvalue weighted by molar-refractivity contribution is 0.328. The molecule has 1 aliphatic heterocycles. The van der Waals surface area contributed by atoms with Gasteiger partial charge >= 0.3 is 0 Å². The molecule has 0 bridgehead atoms. The van der Waals surface area contributed by atoms with Crippen molar-refractivity contribution in [3.05, 3.63) is 17.6 Å². The Morgan fingerprint density at radius 1 is 1.22 bits per heavy atom. The number of fused-ring (bicyclic) bond motifs is 1. The summed E-state index contributed by atoms with van der Waals surface area (Å²) < 4.78 is 24.6. The predicted octanol–water partition coefficient (Wildman–Crippen LogP) is 1.46. The van der Waals surface area contributed by atoms with Crippen LogP contribution in [0.15, 0.2) is 6.33 Å². The van der Waals surface area contributed by atoms with Crippen LogP contribution >= 0.6 is 0 Å². The number of piperidine rings is 1. The van der Waals surface area contributed by atoms with Crippen LogP contribution in [0.1, 0.15) is 36.9 Å². The first kappa shape index (κ1) is 16.6. The summed E-state index contributed by atoms with van der Waals surface area (Å²) >= 11 is 0. The first-order chi connectivity index (χ1) is 10.9. The summed E-state index contributed by atoms with van der Waals surface area (Å²) in [6.07, 6.45) is 9.60. The van der Waals surface area contributed by atoms with Gasteiger partial charge in [0.15, 0.2) is 0 Å². The average Bonchev–Trinajstić information content (AvgIpc) is 2.54. The van der Waals surface area contributed by atoms with Crippen LogP contribution in [-0.4, -0.2) is 55.6 Å². The van der Waals surface area contributed by atoms with Crippen molar-refractivity contribution in [2.24, 2.45) is 5.92 Å². The highest BCUT2D eigenvalue weighted by Crippen LogP contribution is 2.30. The van der Waals surface area contributed by atoms with Crippen molar-refractivity contribution < 1.29 is 8.42 Å².